The normalized spacial score (nSPS) is 19.0. The van der Waals surface area contributed by atoms with E-state index in [9.17, 15) is 13.2 Å². The summed E-state index contributed by atoms with van der Waals surface area (Å²) in [6, 6.07) is 1.29. The summed E-state index contributed by atoms with van der Waals surface area (Å²) in [5.41, 5.74) is 6.11. The van der Waals surface area contributed by atoms with Crippen LogP contribution in [0.3, 0.4) is 0 Å². The van der Waals surface area contributed by atoms with Crippen LogP contribution in [-0.4, -0.2) is 36.9 Å². The monoisotopic (exact) mass is 303 g/mol. The summed E-state index contributed by atoms with van der Waals surface area (Å²) in [6.45, 7) is 0. The maximum absolute atomic E-state index is 12.0. The summed E-state index contributed by atoms with van der Waals surface area (Å²) in [5, 5.41) is 2.84. The van der Waals surface area contributed by atoms with Crippen molar-refractivity contribution >= 4 is 33.0 Å². The first-order valence-corrected chi connectivity index (χ1v) is 7.99. The van der Waals surface area contributed by atoms with Gasteiger partial charge in [0.15, 0.2) is 0 Å². The van der Waals surface area contributed by atoms with Crippen LogP contribution >= 0.6 is 11.6 Å². The van der Waals surface area contributed by atoms with Crippen LogP contribution in [0.15, 0.2) is 12.3 Å². The number of pyridine rings is 1. The van der Waals surface area contributed by atoms with Gasteiger partial charge >= 0.3 is 0 Å². The Kier molecular flexibility index (Phi) is 3.96. The van der Waals surface area contributed by atoms with E-state index in [4.69, 9.17) is 17.3 Å². The van der Waals surface area contributed by atoms with Crippen LogP contribution in [0.25, 0.3) is 0 Å². The van der Waals surface area contributed by atoms with E-state index in [0.717, 1.165) is 0 Å². The number of nitrogens with zero attached hydrogens (tertiary/aromatic N) is 1. The lowest BCUT2D eigenvalue weighted by Crippen LogP contribution is -2.41. The highest BCUT2D eigenvalue weighted by molar-refractivity contribution is 7.91. The topological polar surface area (TPSA) is 102 Å². The maximum atomic E-state index is 12.0. The van der Waals surface area contributed by atoms with Gasteiger partial charge < -0.3 is 11.1 Å². The standard InChI is InChI=1S/C11H14ClN3O3S/c12-10-9(5-7(13)6-14-10)11(16)15-8-1-3-19(17,18)4-2-8/h5-6,8H,1-4,13H2,(H,15,16). The molecule has 1 aromatic rings. The van der Waals surface area contributed by atoms with E-state index >= 15 is 0 Å². The van der Waals surface area contributed by atoms with Gasteiger partial charge in [-0.3, -0.25) is 4.79 Å². The predicted molar refractivity (Wildman–Crippen MR) is 72.8 cm³/mol. The average Bonchev–Trinajstić information content (AvgIpc) is 2.35. The Bertz CT molecular complexity index is 589. The van der Waals surface area contributed by atoms with E-state index in [1.165, 1.54) is 12.3 Å². The molecule has 0 spiro atoms. The Labute approximate surface area is 116 Å². The molecule has 0 unspecified atom stereocenters. The van der Waals surface area contributed by atoms with Crippen LogP contribution in [0.4, 0.5) is 5.69 Å². The van der Waals surface area contributed by atoms with Gasteiger partial charge in [0.2, 0.25) is 0 Å². The summed E-state index contributed by atoms with van der Waals surface area (Å²) >= 11 is 5.83. The number of sulfone groups is 1. The molecule has 3 N–H and O–H groups in total. The van der Waals surface area contributed by atoms with Crippen molar-refractivity contribution in [2.75, 3.05) is 17.2 Å². The molecule has 6 nitrogen and oxygen atoms in total. The summed E-state index contributed by atoms with van der Waals surface area (Å²) in [4.78, 5) is 15.8. The molecular weight excluding hydrogens is 290 g/mol. The van der Waals surface area contributed by atoms with E-state index in [2.05, 4.69) is 10.3 Å². The lowest BCUT2D eigenvalue weighted by atomic mass is 10.1. The Hall–Kier alpha value is -1.34. The number of aromatic nitrogens is 1. The Morgan fingerprint density at radius 1 is 1.42 bits per heavy atom. The van der Waals surface area contributed by atoms with Crippen LogP contribution in [0, 0.1) is 0 Å². The molecule has 2 rings (SSSR count). The second-order valence-corrected chi connectivity index (χ2v) is 7.17. The number of carbonyl (C=O) groups excluding carboxylic acids is 1. The zero-order chi connectivity index (χ0) is 14.0. The lowest BCUT2D eigenvalue weighted by Gasteiger charge is -2.23. The maximum Gasteiger partial charge on any atom is 0.254 e. The second kappa shape index (κ2) is 5.34. The predicted octanol–water partition coefficient (Wildman–Crippen LogP) is 0.624. The molecule has 1 aliphatic rings. The highest BCUT2D eigenvalue weighted by atomic mass is 35.5. The van der Waals surface area contributed by atoms with Gasteiger partial charge in [-0.2, -0.15) is 0 Å². The fourth-order valence-electron chi connectivity index (χ4n) is 1.92. The van der Waals surface area contributed by atoms with Gasteiger partial charge in [0, 0.05) is 6.04 Å². The van der Waals surface area contributed by atoms with Gasteiger partial charge in [-0.15, -0.1) is 0 Å². The minimum Gasteiger partial charge on any atom is -0.397 e. The third-order valence-electron chi connectivity index (χ3n) is 2.99. The molecule has 1 amide bonds. The zero-order valence-electron chi connectivity index (χ0n) is 10.1. The number of nitrogens with one attached hydrogen (secondary N) is 1. The summed E-state index contributed by atoms with van der Waals surface area (Å²) in [5.74, 6) is -0.184. The van der Waals surface area contributed by atoms with Crippen molar-refractivity contribution in [3.63, 3.8) is 0 Å². The van der Waals surface area contributed by atoms with Gasteiger partial charge in [-0.25, -0.2) is 13.4 Å². The number of nitrogen functional groups attached to an aromatic ring is 1. The molecule has 0 aromatic carbocycles. The molecule has 1 saturated heterocycles. The molecule has 1 fully saturated rings. The van der Waals surface area contributed by atoms with E-state index < -0.39 is 9.84 Å². The molecule has 0 radical (unpaired) electrons. The summed E-state index contributed by atoms with van der Waals surface area (Å²) < 4.78 is 22.6. The molecule has 0 aliphatic carbocycles. The van der Waals surface area contributed by atoms with Gasteiger partial charge in [-0.05, 0) is 18.9 Å². The Balaban J connectivity index is 2.04. The Morgan fingerprint density at radius 2 is 2.05 bits per heavy atom. The van der Waals surface area contributed by atoms with Crippen molar-refractivity contribution in [3.8, 4) is 0 Å². The van der Waals surface area contributed by atoms with Crippen LogP contribution < -0.4 is 11.1 Å². The number of halogens is 1. The highest BCUT2D eigenvalue weighted by Gasteiger charge is 2.25. The van der Waals surface area contributed by atoms with E-state index in [1.807, 2.05) is 0 Å². The quantitative estimate of drug-likeness (QED) is 0.780. The minimum atomic E-state index is -2.94. The third-order valence-corrected chi connectivity index (χ3v) is 5.01. The number of hydrogen-bond donors (Lipinski definition) is 2. The summed E-state index contributed by atoms with van der Waals surface area (Å²) in [7, 11) is -2.94. The average molecular weight is 304 g/mol. The first kappa shape index (κ1) is 14.1. The van der Waals surface area contributed by atoms with Gasteiger partial charge in [-0.1, -0.05) is 11.6 Å². The molecule has 0 saturated carbocycles. The molecule has 1 aromatic heterocycles. The molecule has 0 atom stereocenters. The number of nitrogens with two attached hydrogens (primary N) is 1. The molecule has 19 heavy (non-hydrogen) atoms. The second-order valence-electron chi connectivity index (χ2n) is 4.51. The molecule has 2 heterocycles. The molecule has 0 bridgehead atoms. The van der Waals surface area contributed by atoms with Gasteiger partial charge in [0.1, 0.15) is 15.0 Å². The zero-order valence-corrected chi connectivity index (χ0v) is 11.7. The number of carbonyl (C=O) groups is 1. The SMILES string of the molecule is Nc1cnc(Cl)c(C(=O)NC2CCS(=O)(=O)CC2)c1. The smallest absolute Gasteiger partial charge is 0.254 e. The molecule has 1 aliphatic heterocycles. The van der Waals surface area contributed by atoms with Crippen molar-refractivity contribution in [1.29, 1.82) is 0 Å². The van der Waals surface area contributed by atoms with Crippen LogP contribution in [0.2, 0.25) is 5.15 Å². The fraction of sp³-hybridized carbons (Fsp3) is 0.455. The van der Waals surface area contributed by atoms with Gasteiger partial charge in [0.25, 0.3) is 5.91 Å². The largest absolute Gasteiger partial charge is 0.397 e. The molecular formula is C11H14ClN3O3S. The van der Waals surface area contributed by atoms with Crippen LogP contribution in [0.5, 0.6) is 0 Å². The van der Waals surface area contributed by atoms with E-state index in [1.54, 1.807) is 0 Å². The van der Waals surface area contributed by atoms with E-state index in [-0.39, 0.29) is 34.2 Å². The fourth-order valence-corrected chi connectivity index (χ4v) is 3.60. The molecule has 104 valence electrons. The lowest BCUT2D eigenvalue weighted by molar-refractivity contribution is 0.0934. The van der Waals surface area contributed by atoms with Crippen LogP contribution in [0.1, 0.15) is 23.2 Å². The number of amides is 1. The van der Waals surface area contributed by atoms with Crippen molar-refractivity contribution in [2.24, 2.45) is 0 Å². The first-order valence-electron chi connectivity index (χ1n) is 5.80. The van der Waals surface area contributed by atoms with Gasteiger partial charge in [0.05, 0.1) is 29.0 Å². The first-order chi connectivity index (χ1) is 8.87. The molecule has 8 heteroatoms. The van der Waals surface area contributed by atoms with Crippen LogP contribution in [-0.2, 0) is 9.84 Å². The number of rotatable bonds is 2. The third kappa shape index (κ3) is 3.57. The van der Waals surface area contributed by atoms with Crippen molar-refractivity contribution in [2.45, 2.75) is 18.9 Å². The summed E-state index contributed by atoms with van der Waals surface area (Å²) in [6.07, 6.45) is 2.20. The Morgan fingerprint density at radius 3 is 2.68 bits per heavy atom. The number of anilines is 1. The highest BCUT2D eigenvalue weighted by Crippen LogP contribution is 2.17. The van der Waals surface area contributed by atoms with E-state index in [0.29, 0.717) is 18.5 Å². The van der Waals surface area contributed by atoms with Crippen molar-refractivity contribution < 1.29 is 13.2 Å². The van der Waals surface area contributed by atoms with Crippen molar-refractivity contribution in [1.82, 2.24) is 10.3 Å². The number of hydrogen-bond acceptors (Lipinski definition) is 5. The van der Waals surface area contributed by atoms with Crippen molar-refractivity contribution in [3.05, 3.63) is 23.0 Å². The minimum absolute atomic E-state index is 0.0788.